The predicted molar refractivity (Wildman–Crippen MR) is 101 cm³/mol. The zero-order chi connectivity index (χ0) is 18.7. The molecule has 1 aromatic heterocycles. The lowest BCUT2D eigenvalue weighted by atomic mass is 10.1. The summed E-state index contributed by atoms with van der Waals surface area (Å²) in [5.41, 5.74) is 3.06. The average molecular weight is 354 g/mol. The number of fused-ring (bicyclic) bond motifs is 1. The zero-order valence-corrected chi connectivity index (χ0v) is 15.6. The molecule has 1 aliphatic rings. The monoisotopic (exact) mass is 354 g/mol. The summed E-state index contributed by atoms with van der Waals surface area (Å²) < 4.78 is 1.90. The molecule has 2 amide bonds. The number of hydrogen-bond acceptors (Lipinski definition) is 3. The van der Waals surface area contributed by atoms with E-state index in [-0.39, 0.29) is 11.8 Å². The molecule has 1 aliphatic heterocycles. The van der Waals surface area contributed by atoms with Crippen LogP contribution in [0.3, 0.4) is 0 Å². The summed E-state index contributed by atoms with van der Waals surface area (Å²) in [6.45, 7) is 7.38. The first-order valence-corrected chi connectivity index (χ1v) is 9.21. The number of aromatic nitrogens is 2. The molecule has 26 heavy (non-hydrogen) atoms. The summed E-state index contributed by atoms with van der Waals surface area (Å²) in [6, 6.07) is 7.64. The van der Waals surface area contributed by atoms with Crippen molar-refractivity contribution < 1.29 is 9.59 Å². The van der Waals surface area contributed by atoms with E-state index in [9.17, 15) is 9.59 Å². The minimum atomic E-state index is -0.276. The second-order valence-electron chi connectivity index (χ2n) is 7.27. The molecule has 138 valence electrons. The molecule has 0 unspecified atom stereocenters. The molecule has 2 aromatic rings. The Kier molecular flexibility index (Phi) is 5.40. The molecule has 0 fully saturated rings. The molecule has 0 radical (unpaired) electrons. The molecular formula is C20H26N4O2. The largest absolute Gasteiger partial charge is 0.350 e. The van der Waals surface area contributed by atoms with Crippen molar-refractivity contribution >= 4 is 17.5 Å². The van der Waals surface area contributed by atoms with Crippen molar-refractivity contribution in [2.45, 2.75) is 46.6 Å². The molecule has 0 atom stereocenters. The zero-order valence-electron chi connectivity index (χ0n) is 15.6. The first-order valence-electron chi connectivity index (χ1n) is 9.21. The fourth-order valence-electron chi connectivity index (χ4n) is 3.19. The lowest BCUT2D eigenvalue weighted by Crippen LogP contribution is -2.29. The van der Waals surface area contributed by atoms with E-state index in [1.165, 1.54) is 0 Å². The van der Waals surface area contributed by atoms with Crippen LogP contribution in [0.2, 0.25) is 0 Å². The molecule has 2 heterocycles. The molecule has 1 aromatic carbocycles. The molecule has 2 N–H and O–H groups in total. The van der Waals surface area contributed by atoms with Crippen LogP contribution in [0.5, 0.6) is 0 Å². The summed E-state index contributed by atoms with van der Waals surface area (Å²) >= 11 is 0. The third-order valence-electron chi connectivity index (χ3n) is 4.48. The molecule has 0 spiro atoms. The number of amides is 2. The van der Waals surface area contributed by atoms with Gasteiger partial charge in [-0.1, -0.05) is 26.0 Å². The van der Waals surface area contributed by atoms with Gasteiger partial charge in [-0.05, 0) is 49.8 Å². The van der Waals surface area contributed by atoms with Crippen LogP contribution in [0.1, 0.15) is 59.1 Å². The van der Waals surface area contributed by atoms with Crippen molar-refractivity contribution in [3.63, 3.8) is 0 Å². The summed E-state index contributed by atoms with van der Waals surface area (Å²) in [4.78, 5) is 29.7. The van der Waals surface area contributed by atoms with E-state index >= 15 is 0 Å². The topological polar surface area (TPSA) is 76.0 Å². The third kappa shape index (κ3) is 3.95. The number of anilines is 1. The number of nitrogens with zero attached hydrogens (tertiary/aromatic N) is 2. The molecule has 0 bridgehead atoms. The second kappa shape index (κ2) is 7.72. The Labute approximate surface area is 154 Å². The van der Waals surface area contributed by atoms with Gasteiger partial charge in [-0.15, -0.1) is 0 Å². The maximum atomic E-state index is 12.8. The quantitative estimate of drug-likeness (QED) is 0.866. The Morgan fingerprint density at radius 1 is 1.23 bits per heavy atom. The van der Waals surface area contributed by atoms with Crippen LogP contribution in [-0.2, 0) is 13.0 Å². The Balaban J connectivity index is 1.87. The van der Waals surface area contributed by atoms with Crippen molar-refractivity contribution in [2.75, 3.05) is 11.9 Å². The SMILES string of the molecule is Cc1cccc(NC(=O)c2nc(C(=O)NCC(C)C)c3n2CCCC3)c1. The molecule has 0 saturated heterocycles. The number of nitrogens with one attached hydrogen (secondary N) is 2. The Morgan fingerprint density at radius 3 is 2.77 bits per heavy atom. The Bertz CT molecular complexity index is 823. The van der Waals surface area contributed by atoms with Gasteiger partial charge in [0.15, 0.2) is 5.82 Å². The van der Waals surface area contributed by atoms with Crippen LogP contribution in [-0.4, -0.2) is 27.9 Å². The molecule has 0 aliphatic carbocycles. The van der Waals surface area contributed by atoms with Crippen LogP contribution < -0.4 is 10.6 Å². The van der Waals surface area contributed by atoms with Gasteiger partial charge < -0.3 is 15.2 Å². The van der Waals surface area contributed by atoms with Gasteiger partial charge in [0, 0.05) is 18.8 Å². The van der Waals surface area contributed by atoms with E-state index in [2.05, 4.69) is 15.6 Å². The Morgan fingerprint density at radius 2 is 2.04 bits per heavy atom. The smallest absolute Gasteiger partial charge is 0.291 e. The first-order chi connectivity index (χ1) is 12.5. The van der Waals surface area contributed by atoms with Gasteiger partial charge in [0.25, 0.3) is 11.8 Å². The maximum absolute atomic E-state index is 12.8. The number of benzene rings is 1. The van der Waals surface area contributed by atoms with Crippen LogP contribution in [0.15, 0.2) is 24.3 Å². The molecular weight excluding hydrogens is 328 g/mol. The van der Waals surface area contributed by atoms with Crippen LogP contribution >= 0.6 is 0 Å². The van der Waals surface area contributed by atoms with E-state index in [4.69, 9.17) is 0 Å². The molecule has 6 nitrogen and oxygen atoms in total. The fourth-order valence-corrected chi connectivity index (χ4v) is 3.19. The number of imidazole rings is 1. The van der Waals surface area contributed by atoms with Gasteiger partial charge in [0.2, 0.25) is 0 Å². The summed E-state index contributed by atoms with van der Waals surface area (Å²) in [5, 5.41) is 5.81. The number of rotatable bonds is 5. The highest BCUT2D eigenvalue weighted by atomic mass is 16.2. The van der Waals surface area contributed by atoms with Crippen molar-refractivity contribution in [2.24, 2.45) is 5.92 Å². The number of carbonyl (C=O) groups excluding carboxylic acids is 2. The number of hydrogen-bond donors (Lipinski definition) is 2. The highest BCUT2D eigenvalue weighted by molar-refractivity contribution is 6.03. The van der Waals surface area contributed by atoms with Gasteiger partial charge in [-0.25, -0.2) is 4.98 Å². The van der Waals surface area contributed by atoms with Crippen LogP contribution in [0, 0.1) is 12.8 Å². The van der Waals surface area contributed by atoms with Gasteiger partial charge in [0.05, 0.1) is 5.69 Å². The molecule has 0 saturated carbocycles. The average Bonchev–Trinajstić information content (AvgIpc) is 2.99. The second-order valence-corrected chi connectivity index (χ2v) is 7.27. The minimum Gasteiger partial charge on any atom is -0.350 e. The van der Waals surface area contributed by atoms with Crippen LogP contribution in [0.4, 0.5) is 5.69 Å². The lowest BCUT2D eigenvalue weighted by molar-refractivity contribution is 0.0943. The standard InChI is InChI=1S/C20H26N4O2/c1-13(2)12-21-19(25)17-16-9-4-5-10-24(16)18(23-17)20(26)22-15-8-6-7-14(3)11-15/h6-8,11,13H,4-5,9-10,12H2,1-3H3,(H,21,25)(H,22,26). The highest BCUT2D eigenvalue weighted by Gasteiger charge is 2.27. The third-order valence-corrected chi connectivity index (χ3v) is 4.48. The molecule has 3 rings (SSSR count). The van der Waals surface area contributed by atoms with E-state index < -0.39 is 0 Å². The summed E-state index contributed by atoms with van der Waals surface area (Å²) in [7, 11) is 0. The van der Waals surface area contributed by atoms with Crippen molar-refractivity contribution in [1.29, 1.82) is 0 Å². The van der Waals surface area contributed by atoms with Gasteiger partial charge >= 0.3 is 0 Å². The first kappa shape index (κ1) is 18.2. The highest BCUT2D eigenvalue weighted by Crippen LogP contribution is 2.22. The van der Waals surface area contributed by atoms with Crippen LogP contribution in [0.25, 0.3) is 0 Å². The van der Waals surface area contributed by atoms with E-state index in [0.717, 1.165) is 42.8 Å². The number of aryl methyl sites for hydroxylation is 1. The van der Waals surface area contributed by atoms with Crippen molar-refractivity contribution in [3.8, 4) is 0 Å². The maximum Gasteiger partial charge on any atom is 0.291 e. The van der Waals surface area contributed by atoms with Gasteiger partial charge in [-0.3, -0.25) is 9.59 Å². The van der Waals surface area contributed by atoms with Gasteiger partial charge in [0.1, 0.15) is 5.69 Å². The van der Waals surface area contributed by atoms with Crippen molar-refractivity contribution in [3.05, 3.63) is 47.0 Å². The normalized spacial score (nSPS) is 13.4. The van der Waals surface area contributed by atoms with Crippen molar-refractivity contribution in [1.82, 2.24) is 14.9 Å². The van der Waals surface area contributed by atoms with E-state index in [1.807, 2.05) is 49.6 Å². The van der Waals surface area contributed by atoms with E-state index in [0.29, 0.717) is 24.0 Å². The number of carbonyl (C=O) groups is 2. The van der Waals surface area contributed by atoms with E-state index in [1.54, 1.807) is 0 Å². The Hall–Kier alpha value is -2.63. The lowest BCUT2D eigenvalue weighted by Gasteiger charge is -2.17. The summed E-state index contributed by atoms with van der Waals surface area (Å²) in [6.07, 6.45) is 2.77. The van der Waals surface area contributed by atoms with Gasteiger partial charge in [-0.2, -0.15) is 0 Å². The minimum absolute atomic E-state index is 0.195. The predicted octanol–water partition coefficient (Wildman–Crippen LogP) is 3.17. The fraction of sp³-hybridized carbons (Fsp3) is 0.450. The molecule has 6 heteroatoms. The summed E-state index contributed by atoms with van der Waals surface area (Å²) in [5.74, 6) is 0.206.